The number of nitrogens with zero attached hydrogens (tertiary/aromatic N) is 2. The summed E-state index contributed by atoms with van der Waals surface area (Å²) in [7, 11) is 2.83. The predicted molar refractivity (Wildman–Crippen MR) is 150 cm³/mol. The number of unbranched alkanes of at least 4 members (excludes halogenated alkanes) is 15. The van der Waals surface area contributed by atoms with E-state index in [0.29, 0.717) is 0 Å². The first kappa shape index (κ1) is 33.0. The van der Waals surface area contributed by atoms with Crippen molar-refractivity contribution in [3.8, 4) is 0 Å². The molecular formula is C27H52N3O5P. The van der Waals surface area contributed by atoms with Crippen molar-refractivity contribution in [2.75, 3.05) is 18.5 Å². The highest BCUT2D eigenvalue weighted by Crippen LogP contribution is 2.27. The Hall–Kier alpha value is -1.05. The number of aliphatic hydroxyl groups excluding tert-OH is 3. The number of nitrogen functional groups attached to an aromatic ring is 1. The molecule has 1 saturated heterocycles. The van der Waals surface area contributed by atoms with Crippen molar-refractivity contribution in [3.05, 3.63) is 22.7 Å². The summed E-state index contributed by atoms with van der Waals surface area (Å²) in [6.45, 7) is 1.84. The van der Waals surface area contributed by atoms with Crippen LogP contribution in [0.15, 0.2) is 17.1 Å². The highest BCUT2D eigenvalue weighted by molar-refractivity contribution is 7.16. The van der Waals surface area contributed by atoms with Gasteiger partial charge in [-0.25, -0.2) is 4.79 Å². The average molecular weight is 530 g/mol. The van der Waals surface area contributed by atoms with Crippen LogP contribution in [0, 0.1) is 0 Å². The van der Waals surface area contributed by atoms with E-state index in [2.05, 4.69) is 21.1 Å². The molecule has 0 radical (unpaired) electrons. The summed E-state index contributed by atoms with van der Waals surface area (Å²) >= 11 is 0. The molecule has 0 aliphatic carbocycles. The molecule has 0 aromatic carbocycles. The number of hydrogen-bond acceptors (Lipinski definition) is 7. The predicted octanol–water partition coefficient (Wildman–Crippen LogP) is 4.56. The fourth-order valence-electron chi connectivity index (χ4n) is 4.42. The van der Waals surface area contributed by atoms with Gasteiger partial charge in [0, 0.05) is 6.20 Å². The van der Waals surface area contributed by atoms with Crippen molar-refractivity contribution < 1.29 is 20.1 Å². The smallest absolute Gasteiger partial charge is 0.351 e. The molecule has 210 valence electrons. The first-order valence-electron chi connectivity index (χ1n) is 14.1. The molecule has 5 N–H and O–H groups in total. The second kappa shape index (κ2) is 20.9. The Kier molecular flexibility index (Phi) is 19.2. The largest absolute Gasteiger partial charge is 0.394 e. The molecule has 2 heterocycles. The SMILES string of the molecule is CCCCCCCCCCCCCCCCCCP.Nc1ccn([C@@H]2O[C@H](CO)[C@@H](O)[C@@H]2O)c(=O)n1. The molecule has 0 bridgehead atoms. The third-order valence-electron chi connectivity index (χ3n) is 6.70. The van der Waals surface area contributed by atoms with E-state index >= 15 is 0 Å². The molecule has 8 nitrogen and oxygen atoms in total. The van der Waals surface area contributed by atoms with Gasteiger partial charge in [0.2, 0.25) is 0 Å². The van der Waals surface area contributed by atoms with Gasteiger partial charge in [-0.2, -0.15) is 4.98 Å². The lowest BCUT2D eigenvalue weighted by Gasteiger charge is -2.16. The molecule has 2 rings (SSSR count). The lowest BCUT2D eigenvalue weighted by Crippen LogP contribution is -2.36. The zero-order valence-corrected chi connectivity index (χ0v) is 23.6. The lowest BCUT2D eigenvalue weighted by molar-refractivity contribution is -0.0549. The van der Waals surface area contributed by atoms with Gasteiger partial charge in [-0.3, -0.25) is 4.57 Å². The minimum absolute atomic E-state index is 0.0537. The molecule has 1 aliphatic heterocycles. The molecule has 0 amide bonds. The number of anilines is 1. The summed E-state index contributed by atoms with van der Waals surface area (Å²) in [5, 5.41) is 28.2. The van der Waals surface area contributed by atoms with E-state index in [4.69, 9.17) is 15.6 Å². The molecule has 5 atom stereocenters. The van der Waals surface area contributed by atoms with Crippen LogP contribution in [-0.4, -0.2) is 56.0 Å². The van der Waals surface area contributed by atoms with Gasteiger partial charge in [0.15, 0.2) is 6.23 Å². The molecule has 1 aromatic heterocycles. The molecule has 1 unspecified atom stereocenters. The van der Waals surface area contributed by atoms with Crippen molar-refractivity contribution in [2.24, 2.45) is 0 Å². The van der Waals surface area contributed by atoms with Gasteiger partial charge >= 0.3 is 5.69 Å². The molecule has 1 aliphatic rings. The highest BCUT2D eigenvalue weighted by Gasteiger charge is 2.43. The topological polar surface area (TPSA) is 131 Å². The Labute approximate surface area is 220 Å². The van der Waals surface area contributed by atoms with Crippen LogP contribution in [0.1, 0.15) is 116 Å². The lowest BCUT2D eigenvalue weighted by atomic mass is 10.0. The Bertz CT molecular complexity index is 705. The van der Waals surface area contributed by atoms with E-state index in [1.54, 1.807) is 0 Å². The van der Waals surface area contributed by atoms with E-state index in [1.807, 2.05) is 0 Å². The number of aromatic nitrogens is 2. The quantitative estimate of drug-likeness (QED) is 0.162. The van der Waals surface area contributed by atoms with E-state index in [1.165, 1.54) is 121 Å². The van der Waals surface area contributed by atoms with Gasteiger partial charge < -0.3 is 25.8 Å². The van der Waals surface area contributed by atoms with Crippen LogP contribution in [-0.2, 0) is 4.74 Å². The summed E-state index contributed by atoms with van der Waals surface area (Å²) in [6.07, 6.45) is 21.4. The molecule has 9 heteroatoms. The maximum absolute atomic E-state index is 11.5. The normalized spacial score (nSPS) is 21.4. The minimum atomic E-state index is -1.31. The van der Waals surface area contributed by atoms with Crippen molar-refractivity contribution >= 4 is 15.1 Å². The molecule has 1 fully saturated rings. The van der Waals surface area contributed by atoms with Crippen LogP contribution in [0.4, 0.5) is 5.82 Å². The van der Waals surface area contributed by atoms with Gasteiger partial charge in [-0.05, 0) is 18.6 Å². The Morgan fingerprint density at radius 1 is 0.889 bits per heavy atom. The standard InChI is InChI=1S/C18H39P.C9H13N3O5/c1-2-3-4-5-6-7-8-9-10-11-12-13-14-15-16-17-18-19;10-5-1-2-12(9(16)11-5)8-7(15)6(14)4(3-13)17-8/h2-19H2,1H3;1-2,4,6-8,13-15H,3H2,(H2,10,11,16)/t;4-,6-,7+,8-/m.1/s1. The fraction of sp³-hybridized carbons (Fsp3) is 0.852. The molecule has 1 aromatic rings. The molecule has 36 heavy (non-hydrogen) atoms. The fourth-order valence-corrected chi connectivity index (χ4v) is 4.71. The van der Waals surface area contributed by atoms with Crippen LogP contribution in [0.2, 0.25) is 0 Å². The zero-order chi connectivity index (χ0) is 26.6. The van der Waals surface area contributed by atoms with Crippen LogP contribution < -0.4 is 11.4 Å². The third kappa shape index (κ3) is 13.5. The Balaban J connectivity index is 0.000000361. The maximum Gasteiger partial charge on any atom is 0.351 e. The molecule has 0 spiro atoms. The second-order valence-electron chi connectivity index (χ2n) is 9.86. The number of rotatable bonds is 18. The van der Waals surface area contributed by atoms with Crippen LogP contribution in [0.3, 0.4) is 0 Å². The molecule has 0 saturated carbocycles. The van der Waals surface area contributed by atoms with E-state index in [-0.39, 0.29) is 5.82 Å². The average Bonchev–Trinajstić information content (AvgIpc) is 3.15. The van der Waals surface area contributed by atoms with Crippen molar-refractivity contribution in [2.45, 2.75) is 134 Å². The number of aliphatic hydroxyl groups is 3. The van der Waals surface area contributed by atoms with Crippen molar-refractivity contribution in [1.29, 1.82) is 0 Å². The Morgan fingerprint density at radius 2 is 1.36 bits per heavy atom. The van der Waals surface area contributed by atoms with Crippen molar-refractivity contribution in [3.63, 3.8) is 0 Å². The first-order chi connectivity index (χ1) is 17.5. The van der Waals surface area contributed by atoms with Gasteiger partial charge in [0.25, 0.3) is 0 Å². The maximum atomic E-state index is 11.5. The molecular weight excluding hydrogens is 477 g/mol. The third-order valence-corrected chi connectivity index (χ3v) is 7.11. The van der Waals surface area contributed by atoms with Crippen molar-refractivity contribution in [1.82, 2.24) is 9.55 Å². The van der Waals surface area contributed by atoms with Gasteiger partial charge in [0.1, 0.15) is 24.1 Å². The second-order valence-corrected chi connectivity index (χ2v) is 10.4. The highest BCUT2D eigenvalue weighted by atomic mass is 31.0. The van der Waals surface area contributed by atoms with Crippen LogP contribution in [0.25, 0.3) is 0 Å². The number of ether oxygens (including phenoxy) is 1. The summed E-state index contributed by atoms with van der Waals surface area (Å²) in [5.74, 6) is 0.0537. The summed E-state index contributed by atoms with van der Waals surface area (Å²) in [6, 6.07) is 1.37. The first-order valence-corrected chi connectivity index (χ1v) is 14.9. The van der Waals surface area contributed by atoms with E-state index in [0.717, 1.165) is 4.57 Å². The summed E-state index contributed by atoms with van der Waals surface area (Å²) in [5.41, 5.74) is 4.63. The monoisotopic (exact) mass is 529 g/mol. The minimum Gasteiger partial charge on any atom is -0.394 e. The van der Waals surface area contributed by atoms with E-state index < -0.39 is 36.8 Å². The number of nitrogens with two attached hydrogens (primary N) is 1. The van der Waals surface area contributed by atoms with Crippen LogP contribution in [0.5, 0.6) is 0 Å². The number of hydrogen-bond donors (Lipinski definition) is 4. The summed E-state index contributed by atoms with van der Waals surface area (Å²) < 4.78 is 6.19. The van der Waals surface area contributed by atoms with Gasteiger partial charge in [0.05, 0.1) is 6.61 Å². The van der Waals surface area contributed by atoms with E-state index in [9.17, 15) is 15.0 Å². The van der Waals surface area contributed by atoms with Gasteiger partial charge in [-0.1, -0.05) is 103 Å². The van der Waals surface area contributed by atoms with Gasteiger partial charge in [-0.15, -0.1) is 9.24 Å². The Morgan fingerprint density at radius 3 is 1.75 bits per heavy atom. The summed E-state index contributed by atoms with van der Waals surface area (Å²) in [4.78, 5) is 15.0. The zero-order valence-electron chi connectivity index (χ0n) is 22.4. The van der Waals surface area contributed by atoms with Crippen LogP contribution >= 0.6 is 9.24 Å².